The predicted octanol–water partition coefficient (Wildman–Crippen LogP) is 2.95. The number of rotatable bonds is 4. The van der Waals surface area contributed by atoms with Crippen LogP contribution in [0.25, 0.3) is 0 Å². The fraction of sp³-hybridized carbons (Fsp3) is 0.400. The third-order valence-corrected chi connectivity index (χ3v) is 6.64. The fourth-order valence-corrected chi connectivity index (χ4v) is 4.69. The van der Waals surface area contributed by atoms with Crippen LogP contribution in [0.2, 0.25) is 0 Å². The molecule has 0 unspecified atom stereocenters. The number of carbonyl (C=O) groups is 3. The zero-order chi connectivity index (χ0) is 22.9. The first kappa shape index (κ1) is 21.3. The van der Waals surface area contributed by atoms with Gasteiger partial charge < -0.3 is 24.6 Å². The summed E-state index contributed by atoms with van der Waals surface area (Å²) in [5.74, 6) is 0.738. The van der Waals surface area contributed by atoms with E-state index in [-0.39, 0.29) is 42.8 Å². The molecule has 0 radical (unpaired) electrons. The van der Waals surface area contributed by atoms with Crippen molar-refractivity contribution in [2.24, 2.45) is 11.8 Å². The Labute approximate surface area is 192 Å². The number of fused-ring (bicyclic) bond motifs is 1. The minimum absolute atomic E-state index is 0.00703. The molecular weight excluding hydrogens is 422 g/mol. The van der Waals surface area contributed by atoms with Crippen molar-refractivity contribution < 1.29 is 23.9 Å². The molecule has 0 aliphatic carbocycles. The van der Waals surface area contributed by atoms with E-state index in [9.17, 15) is 14.4 Å². The number of nitrogens with one attached hydrogen (secondary N) is 1. The number of aryl methyl sites for hydroxylation is 1. The van der Waals surface area contributed by atoms with Crippen LogP contribution in [0.3, 0.4) is 0 Å². The molecule has 0 saturated carbocycles. The summed E-state index contributed by atoms with van der Waals surface area (Å²) in [6.45, 7) is 3.64. The van der Waals surface area contributed by atoms with Crippen molar-refractivity contribution in [1.29, 1.82) is 0 Å². The summed E-state index contributed by atoms with van der Waals surface area (Å²) in [4.78, 5) is 41.8. The molecule has 8 nitrogen and oxygen atoms in total. The van der Waals surface area contributed by atoms with E-state index in [2.05, 4.69) is 5.32 Å². The molecule has 172 valence electrons. The van der Waals surface area contributed by atoms with Gasteiger partial charge in [-0.25, -0.2) is 0 Å². The second-order valence-electron chi connectivity index (χ2n) is 8.90. The Bertz CT molecular complexity index is 1080. The maximum absolute atomic E-state index is 13.1. The van der Waals surface area contributed by atoms with Gasteiger partial charge in [-0.3, -0.25) is 14.4 Å². The SMILES string of the molecule is Cc1ccc(N2C[C@H](C(=O)N3CCC(C(=O)Nc4ccc5c(c4)OCO5)CC3)CC2=O)cc1. The number of hydrogen-bond donors (Lipinski definition) is 1. The van der Waals surface area contributed by atoms with Crippen molar-refractivity contribution in [3.63, 3.8) is 0 Å². The Balaban J connectivity index is 1.14. The molecule has 3 amide bonds. The Kier molecular flexibility index (Phi) is 5.66. The Morgan fingerprint density at radius 1 is 0.970 bits per heavy atom. The third-order valence-electron chi connectivity index (χ3n) is 6.64. The fourth-order valence-electron chi connectivity index (χ4n) is 4.69. The number of carbonyl (C=O) groups excluding carboxylic acids is 3. The van der Waals surface area contributed by atoms with Gasteiger partial charge in [0.05, 0.1) is 5.92 Å². The van der Waals surface area contributed by atoms with E-state index in [0.717, 1.165) is 11.3 Å². The quantitative estimate of drug-likeness (QED) is 0.776. The van der Waals surface area contributed by atoms with Gasteiger partial charge in [0.1, 0.15) is 0 Å². The zero-order valence-electron chi connectivity index (χ0n) is 18.6. The minimum atomic E-state index is -0.335. The lowest BCUT2D eigenvalue weighted by Gasteiger charge is -2.33. The predicted molar refractivity (Wildman–Crippen MR) is 122 cm³/mol. The molecule has 0 bridgehead atoms. The first-order valence-corrected chi connectivity index (χ1v) is 11.3. The van der Waals surface area contributed by atoms with E-state index in [0.29, 0.717) is 49.7 Å². The highest BCUT2D eigenvalue weighted by molar-refractivity contribution is 6.00. The van der Waals surface area contributed by atoms with E-state index in [4.69, 9.17) is 9.47 Å². The van der Waals surface area contributed by atoms with Crippen LogP contribution in [0, 0.1) is 18.8 Å². The van der Waals surface area contributed by atoms with Gasteiger partial charge in [0.2, 0.25) is 24.5 Å². The molecule has 2 aromatic rings. The molecule has 1 N–H and O–H groups in total. The average molecular weight is 450 g/mol. The van der Waals surface area contributed by atoms with E-state index < -0.39 is 0 Å². The van der Waals surface area contributed by atoms with Crippen molar-refractivity contribution in [1.82, 2.24) is 4.90 Å². The zero-order valence-corrected chi connectivity index (χ0v) is 18.6. The first-order valence-electron chi connectivity index (χ1n) is 11.3. The van der Waals surface area contributed by atoms with Crippen molar-refractivity contribution in [3.8, 4) is 11.5 Å². The molecule has 3 aliphatic rings. The second kappa shape index (κ2) is 8.77. The molecule has 0 aromatic heterocycles. The molecule has 1 atom stereocenters. The van der Waals surface area contributed by atoms with Crippen LogP contribution < -0.4 is 19.7 Å². The number of piperidine rings is 1. The number of benzene rings is 2. The van der Waals surface area contributed by atoms with Crippen molar-refractivity contribution in [3.05, 3.63) is 48.0 Å². The van der Waals surface area contributed by atoms with Gasteiger partial charge in [0.15, 0.2) is 11.5 Å². The van der Waals surface area contributed by atoms with Gasteiger partial charge in [-0.15, -0.1) is 0 Å². The van der Waals surface area contributed by atoms with Crippen LogP contribution in [0.15, 0.2) is 42.5 Å². The highest BCUT2D eigenvalue weighted by Crippen LogP contribution is 2.34. The lowest BCUT2D eigenvalue weighted by atomic mass is 9.94. The number of nitrogens with zero attached hydrogens (tertiary/aromatic N) is 2. The highest BCUT2D eigenvalue weighted by Gasteiger charge is 2.38. The van der Waals surface area contributed by atoms with E-state index in [1.54, 1.807) is 28.0 Å². The molecule has 33 heavy (non-hydrogen) atoms. The molecular formula is C25H27N3O5. The van der Waals surface area contributed by atoms with Crippen LogP contribution in [-0.4, -0.2) is 49.0 Å². The van der Waals surface area contributed by atoms with Gasteiger partial charge in [-0.05, 0) is 44.0 Å². The van der Waals surface area contributed by atoms with Gasteiger partial charge in [0.25, 0.3) is 0 Å². The number of anilines is 2. The number of hydrogen-bond acceptors (Lipinski definition) is 5. The summed E-state index contributed by atoms with van der Waals surface area (Å²) in [5.41, 5.74) is 2.63. The van der Waals surface area contributed by atoms with Gasteiger partial charge in [-0.2, -0.15) is 0 Å². The molecule has 8 heteroatoms. The van der Waals surface area contributed by atoms with Crippen molar-refractivity contribution in [2.45, 2.75) is 26.2 Å². The molecule has 0 spiro atoms. The summed E-state index contributed by atoms with van der Waals surface area (Å²) < 4.78 is 10.7. The van der Waals surface area contributed by atoms with Crippen LogP contribution in [0.1, 0.15) is 24.8 Å². The van der Waals surface area contributed by atoms with Gasteiger partial charge in [-0.1, -0.05) is 17.7 Å². The number of likely N-dealkylation sites (tertiary alicyclic amines) is 1. The molecule has 3 aliphatic heterocycles. The van der Waals surface area contributed by atoms with Crippen LogP contribution >= 0.6 is 0 Å². The Morgan fingerprint density at radius 3 is 2.45 bits per heavy atom. The number of amides is 3. The maximum atomic E-state index is 13.1. The number of ether oxygens (including phenoxy) is 2. The van der Waals surface area contributed by atoms with Crippen LogP contribution in [0.5, 0.6) is 11.5 Å². The van der Waals surface area contributed by atoms with E-state index in [1.165, 1.54) is 0 Å². The normalized spacial score (nSPS) is 20.3. The topological polar surface area (TPSA) is 88.2 Å². The monoisotopic (exact) mass is 449 g/mol. The molecule has 5 rings (SSSR count). The van der Waals surface area contributed by atoms with Crippen LogP contribution in [0.4, 0.5) is 11.4 Å². The Morgan fingerprint density at radius 2 is 1.70 bits per heavy atom. The van der Waals surface area contributed by atoms with E-state index in [1.807, 2.05) is 31.2 Å². The lowest BCUT2D eigenvalue weighted by molar-refractivity contribution is -0.138. The van der Waals surface area contributed by atoms with Crippen LogP contribution in [-0.2, 0) is 14.4 Å². The standard InChI is InChI=1S/C25H27N3O5/c1-16-2-5-20(6-3-16)28-14-18(12-23(28)29)25(31)27-10-8-17(9-11-27)24(30)26-19-4-7-21-22(13-19)33-15-32-21/h2-7,13,17-18H,8-12,14-15H2,1H3,(H,26,30)/t18-/m1/s1. The van der Waals surface area contributed by atoms with Crippen molar-refractivity contribution in [2.75, 3.05) is 36.6 Å². The molecule has 3 heterocycles. The van der Waals surface area contributed by atoms with E-state index >= 15 is 0 Å². The summed E-state index contributed by atoms with van der Waals surface area (Å²) in [6, 6.07) is 13.1. The summed E-state index contributed by atoms with van der Waals surface area (Å²) in [6.07, 6.45) is 1.44. The minimum Gasteiger partial charge on any atom is -0.454 e. The first-order chi connectivity index (χ1) is 16.0. The molecule has 2 aromatic carbocycles. The molecule has 2 saturated heterocycles. The van der Waals surface area contributed by atoms with Gasteiger partial charge >= 0.3 is 0 Å². The summed E-state index contributed by atoms with van der Waals surface area (Å²) in [7, 11) is 0. The average Bonchev–Trinajstić information content (AvgIpc) is 3.45. The second-order valence-corrected chi connectivity index (χ2v) is 8.90. The summed E-state index contributed by atoms with van der Waals surface area (Å²) in [5, 5.41) is 2.94. The highest BCUT2D eigenvalue weighted by atomic mass is 16.7. The van der Waals surface area contributed by atoms with Crippen molar-refractivity contribution >= 4 is 29.1 Å². The van der Waals surface area contributed by atoms with Gasteiger partial charge in [0, 0.05) is 49.4 Å². The molecule has 2 fully saturated rings. The Hall–Kier alpha value is -3.55. The smallest absolute Gasteiger partial charge is 0.231 e. The maximum Gasteiger partial charge on any atom is 0.231 e. The largest absolute Gasteiger partial charge is 0.454 e. The third kappa shape index (κ3) is 4.37. The lowest BCUT2D eigenvalue weighted by Crippen LogP contribution is -2.44. The summed E-state index contributed by atoms with van der Waals surface area (Å²) >= 11 is 0.